The number of benzene rings is 2. The first-order chi connectivity index (χ1) is 14.5. The highest BCUT2D eigenvalue weighted by Gasteiger charge is 2.15. The van der Waals surface area contributed by atoms with Crippen molar-refractivity contribution in [3.8, 4) is 17.2 Å². The summed E-state index contributed by atoms with van der Waals surface area (Å²) in [6, 6.07) is 11.1. The summed E-state index contributed by atoms with van der Waals surface area (Å²) >= 11 is 0. The number of aliphatic imine (C=N–C) groups is 1. The number of nitrogens with one attached hydrogen (secondary N) is 2. The van der Waals surface area contributed by atoms with Crippen LogP contribution in [-0.2, 0) is 0 Å². The van der Waals surface area contributed by atoms with Gasteiger partial charge in [-0.1, -0.05) is 0 Å². The van der Waals surface area contributed by atoms with Crippen LogP contribution >= 0.6 is 24.0 Å². The number of methoxy groups -OCH3 is 2. The molecule has 31 heavy (non-hydrogen) atoms. The van der Waals surface area contributed by atoms with Gasteiger partial charge >= 0.3 is 0 Å². The van der Waals surface area contributed by atoms with E-state index in [2.05, 4.69) is 15.6 Å². The second-order valence-electron chi connectivity index (χ2n) is 6.61. The summed E-state index contributed by atoms with van der Waals surface area (Å²) in [5.74, 6) is 2.03. The van der Waals surface area contributed by atoms with Crippen LogP contribution in [0.1, 0.15) is 25.5 Å². The van der Waals surface area contributed by atoms with E-state index in [9.17, 15) is 9.50 Å². The molecular weight excluding hydrogens is 516 g/mol. The minimum atomic E-state index is -0.863. The van der Waals surface area contributed by atoms with Crippen LogP contribution in [-0.4, -0.2) is 51.0 Å². The Morgan fingerprint density at radius 2 is 1.74 bits per heavy atom. The summed E-state index contributed by atoms with van der Waals surface area (Å²) in [6.45, 7) is 5.12. The largest absolute Gasteiger partial charge is 0.497 e. The highest BCUT2D eigenvalue weighted by atomic mass is 127. The number of hydrogen-bond donors (Lipinski definition) is 3. The van der Waals surface area contributed by atoms with E-state index in [1.54, 1.807) is 44.6 Å². The molecular formula is C22H31FIN3O4. The van der Waals surface area contributed by atoms with Gasteiger partial charge in [0, 0.05) is 12.1 Å². The summed E-state index contributed by atoms with van der Waals surface area (Å²) in [4.78, 5) is 4.45. The molecule has 0 aliphatic rings. The molecule has 3 N–H and O–H groups in total. The van der Waals surface area contributed by atoms with Gasteiger partial charge in [-0.3, -0.25) is 4.99 Å². The number of rotatable bonds is 10. The van der Waals surface area contributed by atoms with Crippen LogP contribution in [0.15, 0.2) is 47.5 Å². The third-order valence-electron chi connectivity index (χ3n) is 4.27. The Balaban J connectivity index is 0.00000480. The molecule has 2 rings (SSSR count). The number of halogens is 2. The van der Waals surface area contributed by atoms with Gasteiger partial charge in [0.2, 0.25) is 0 Å². The first-order valence-corrected chi connectivity index (χ1v) is 9.81. The molecule has 0 saturated carbocycles. The van der Waals surface area contributed by atoms with Crippen LogP contribution in [0.5, 0.6) is 17.2 Å². The predicted octanol–water partition coefficient (Wildman–Crippen LogP) is 3.52. The van der Waals surface area contributed by atoms with Gasteiger partial charge in [-0.25, -0.2) is 4.39 Å². The van der Waals surface area contributed by atoms with Crippen molar-refractivity contribution in [2.75, 3.05) is 33.9 Å². The fourth-order valence-electron chi connectivity index (χ4n) is 2.75. The molecule has 2 aromatic rings. The smallest absolute Gasteiger partial charge is 0.191 e. The van der Waals surface area contributed by atoms with Crippen molar-refractivity contribution < 1.29 is 23.7 Å². The number of guanidine groups is 1. The molecule has 0 amide bonds. The van der Waals surface area contributed by atoms with E-state index in [1.165, 1.54) is 12.1 Å². The summed E-state index contributed by atoms with van der Waals surface area (Å²) < 4.78 is 29.3. The quantitative estimate of drug-likeness (QED) is 0.240. The fraction of sp³-hybridized carbons (Fsp3) is 0.409. The predicted molar refractivity (Wildman–Crippen MR) is 130 cm³/mol. The highest BCUT2D eigenvalue weighted by Crippen LogP contribution is 2.29. The topological polar surface area (TPSA) is 84.3 Å². The van der Waals surface area contributed by atoms with Crippen LogP contribution in [0.25, 0.3) is 0 Å². The van der Waals surface area contributed by atoms with E-state index in [4.69, 9.17) is 14.2 Å². The average Bonchev–Trinajstić information content (AvgIpc) is 2.76. The molecule has 7 nitrogen and oxygen atoms in total. The second-order valence-corrected chi connectivity index (χ2v) is 6.61. The summed E-state index contributed by atoms with van der Waals surface area (Å²) in [6.07, 6.45) is -1.04. The molecule has 0 bridgehead atoms. The zero-order chi connectivity index (χ0) is 21.9. The summed E-state index contributed by atoms with van der Waals surface area (Å²) in [7, 11) is 3.12. The number of hydrogen-bond acceptors (Lipinski definition) is 5. The lowest BCUT2D eigenvalue weighted by Crippen LogP contribution is -2.42. The molecule has 0 heterocycles. The summed E-state index contributed by atoms with van der Waals surface area (Å²) in [5.41, 5.74) is 0.601. The molecule has 0 aliphatic carbocycles. The standard InChI is InChI=1S/C22H30FN3O4.HI/c1-5-24-22(25-13-15(2)30-17-8-6-16(23)7-9-17)26-14-20(27)19-12-18(28-3)10-11-21(19)29-4;/h6-12,15,20,27H,5,13-14H2,1-4H3,(H2,24,25,26);1H. The molecule has 0 saturated heterocycles. The van der Waals surface area contributed by atoms with Crippen LogP contribution in [0.2, 0.25) is 0 Å². The van der Waals surface area contributed by atoms with Gasteiger partial charge in [-0.15, -0.1) is 24.0 Å². The lowest BCUT2D eigenvalue weighted by molar-refractivity contribution is 0.182. The number of ether oxygens (including phenoxy) is 3. The van der Waals surface area contributed by atoms with Gasteiger partial charge in [0.1, 0.15) is 35.3 Å². The van der Waals surface area contributed by atoms with E-state index >= 15 is 0 Å². The van der Waals surface area contributed by atoms with Gasteiger partial charge < -0.3 is 30.0 Å². The lowest BCUT2D eigenvalue weighted by Gasteiger charge is -2.18. The molecule has 172 valence electrons. The molecule has 0 fully saturated rings. The zero-order valence-corrected chi connectivity index (χ0v) is 20.6. The lowest BCUT2D eigenvalue weighted by atomic mass is 10.1. The molecule has 0 spiro atoms. The second kappa shape index (κ2) is 13.9. The van der Waals surface area contributed by atoms with E-state index in [0.717, 1.165) is 0 Å². The number of nitrogens with zero attached hydrogens (tertiary/aromatic N) is 1. The SMILES string of the molecule is CCNC(=NCC(O)c1cc(OC)ccc1OC)NCC(C)Oc1ccc(F)cc1.I. The van der Waals surface area contributed by atoms with Crippen molar-refractivity contribution in [3.63, 3.8) is 0 Å². The monoisotopic (exact) mass is 547 g/mol. The van der Waals surface area contributed by atoms with E-state index in [0.29, 0.717) is 41.9 Å². The molecule has 2 atom stereocenters. The average molecular weight is 547 g/mol. The highest BCUT2D eigenvalue weighted by molar-refractivity contribution is 14.0. The Labute approximate surface area is 200 Å². The minimum Gasteiger partial charge on any atom is -0.497 e. The molecule has 0 radical (unpaired) electrons. The van der Waals surface area contributed by atoms with Gasteiger partial charge in [0.05, 0.1) is 27.3 Å². The first-order valence-electron chi connectivity index (χ1n) is 9.81. The Morgan fingerprint density at radius 1 is 1.06 bits per heavy atom. The first kappa shape index (κ1) is 26.8. The molecule has 2 unspecified atom stereocenters. The van der Waals surface area contributed by atoms with Crippen LogP contribution in [0, 0.1) is 5.82 Å². The zero-order valence-electron chi connectivity index (χ0n) is 18.2. The van der Waals surface area contributed by atoms with Crippen molar-refractivity contribution in [2.45, 2.75) is 26.1 Å². The van der Waals surface area contributed by atoms with Crippen molar-refractivity contribution in [1.29, 1.82) is 0 Å². The van der Waals surface area contributed by atoms with Gasteiger partial charge in [-0.05, 0) is 56.3 Å². The van der Waals surface area contributed by atoms with E-state index in [-0.39, 0.29) is 42.4 Å². The Hall–Kier alpha value is -2.27. The third kappa shape index (κ3) is 8.78. The number of aliphatic hydroxyl groups excluding tert-OH is 1. The minimum absolute atomic E-state index is 0. The molecule has 2 aromatic carbocycles. The van der Waals surface area contributed by atoms with Crippen molar-refractivity contribution in [2.24, 2.45) is 4.99 Å². The van der Waals surface area contributed by atoms with Crippen molar-refractivity contribution in [3.05, 3.63) is 53.8 Å². The third-order valence-corrected chi connectivity index (χ3v) is 4.27. The Morgan fingerprint density at radius 3 is 2.35 bits per heavy atom. The summed E-state index contributed by atoms with van der Waals surface area (Å²) in [5, 5.41) is 16.9. The maximum atomic E-state index is 13.0. The van der Waals surface area contributed by atoms with E-state index < -0.39 is 6.10 Å². The van der Waals surface area contributed by atoms with Crippen molar-refractivity contribution >= 4 is 29.9 Å². The van der Waals surface area contributed by atoms with Crippen LogP contribution in [0.3, 0.4) is 0 Å². The van der Waals surface area contributed by atoms with Gasteiger partial charge in [0.15, 0.2) is 5.96 Å². The maximum Gasteiger partial charge on any atom is 0.191 e. The normalized spacial score (nSPS) is 12.9. The van der Waals surface area contributed by atoms with Gasteiger partial charge in [0.25, 0.3) is 0 Å². The van der Waals surface area contributed by atoms with Gasteiger partial charge in [-0.2, -0.15) is 0 Å². The Bertz CT molecular complexity index is 821. The number of aliphatic hydroxyl groups is 1. The maximum absolute atomic E-state index is 13.0. The molecule has 9 heteroatoms. The van der Waals surface area contributed by atoms with E-state index in [1.807, 2.05) is 13.8 Å². The van der Waals surface area contributed by atoms with Crippen LogP contribution < -0.4 is 24.8 Å². The Kier molecular flexibility index (Phi) is 12.0. The fourth-order valence-corrected chi connectivity index (χ4v) is 2.75. The van der Waals surface area contributed by atoms with Crippen LogP contribution in [0.4, 0.5) is 4.39 Å². The molecule has 0 aromatic heterocycles. The molecule has 0 aliphatic heterocycles. The van der Waals surface area contributed by atoms with Crippen molar-refractivity contribution in [1.82, 2.24) is 10.6 Å².